The Labute approximate surface area is 115 Å². The highest BCUT2D eigenvalue weighted by atomic mass is 15.1. The second-order valence-corrected chi connectivity index (χ2v) is 5.07. The molecule has 102 valence electrons. The lowest BCUT2D eigenvalue weighted by molar-refractivity contribution is 0.622. The fraction of sp³-hybridized carbons (Fsp3) is 0.438. The first-order valence-electron chi connectivity index (χ1n) is 7.02. The van der Waals surface area contributed by atoms with Gasteiger partial charge in [-0.25, -0.2) is 4.98 Å². The highest BCUT2D eigenvalue weighted by Crippen LogP contribution is 2.28. The van der Waals surface area contributed by atoms with E-state index in [4.69, 9.17) is 5.73 Å². The molecule has 2 rings (SSSR count). The number of imidazole rings is 1. The molecule has 1 aromatic heterocycles. The Balaban J connectivity index is 2.30. The molecule has 2 N–H and O–H groups in total. The number of rotatable bonds is 5. The van der Waals surface area contributed by atoms with Crippen LogP contribution in [0.4, 0.5) is 5.82 Å². The summed E-state index contributed by atoms with van der Waals surface area (Å²) in [4.78, 5) is 4.68. The largest absolute Gasteiger partial charge is 0.384 e. The first-order chi connectivity index (χ1) is 9.15. The summed E-state index contributed by atoms with van der Waals surface area (Å²) in [5, 5.41) is 0. The van der Waals surface area contributed by atoms with Crippen molar-refractivity contribution in [3.8, 4) is 0 Å². The first-order valence-corrected chi connectivity index (χ1v) is 7.02. The van der Waals surface area contributed by atoms with Crippen LogP contribution in [-0.2, 0) is 6.54 Å². The second kappa shape index (κ2) is 5.91. The molecule has 0 amide bonds. The number of nitrogen functional groups attached to an aromatic ring is 1. The smallest absolute Gasteiger partial charge is 0.127 e. The van der Waals surface area contributed by atoms with E-state index in [-0.39, 0.29) is 5.92 Å². The average molecular weight is 257 g/mol. The van der Waals surface area contributed by atoms with Gasteiger partial charge in [0.25, 0.3) is 0 Å². The second-order valence-electron chi connectivity index (χ2n) is 5.07. The molecule has 2 aromatic rings. The van der Waals surface area contributed by atoms with Gasteiger partial charge < -0.3 is 10.3 Å². The van der Waals surface area contributed by atoms with Gasteiger partial charge in [-0.15, -0.1) is 0 Å². The minimum absolute atomic E-state index is 0.239. The van der Waals surface area contributed by atoms with Gasteiger partial charge >= 0.3 is 0 Å². The summed E-state index contributed by atoms with van der Waals surface area (Å²) in [5.74, 6) is 2.08. The van der Waals surface area contributed by atoms with E-state index in [9.17, 15) is 0 Å². The molecule has 1 unspecified atom stereocenters. The van der Waals surface area contributed by atoms with Crippen LogP contribution in [0.2, 0.25) is 0 Å². The number of anilines is 1. The fourth-order valence-corrected chi connectivity index (χ4v) is 2.42. The third kappa shape index (κ3) is 2.80. The van der Waals surface area contributed by atoms with Crippen LogP contribution >= 0.6 is 0 Å². The minimum atomic E-state index is 0.239. The summed E-state index contributed by atoms with van der Waals surface area (Å²) in [5.41, 5.74) is 8.54. The zero-order chi connectivity index (χ0) is 13.8. The van der Waals surface area contributed by atoms with Crippen molar-refractivity contribution in [2.24, 2.45) is 0 Å². The molecule has 3 heteroatoms. The van der Waals surface area contributed by atoms with E-state index in [2.05, 4.69) is 47.7 Å². The van der Waals surface area contributed by atoms with Crippen LogP contribution in [0.3, 0.4) is 0 Å². The topological polar surface area (TPSA) is 43.8 Å². The quantitative estimate of drug-likeness (QED) is 0.887. The van der Waals surface area contributed by atoms with E-state index < -0.39 is 0 Å². The van der Waals surface area contributed by atoms with Crippen molar-refractivity contribution < 1.29 is 0 Å². The molecule has 0 fully saturated rings. The molecule has 0 aliphatic carbocycles. The summed E-state index contributed by atoms with van der Waals surface area (Å²) in [6, 6.07) is 10.4. The monoisotopic (exact) mass is 257 g/mol. The lowest BCUT2D eigenvalue weighted by atomic mass is 9.98. The molecular formula is C16H23N3. The van der Waals surface area contributed by atoms with Crippen molar-refractivity contribution >= 4 is 5.82 Å². The zero-order valence-corrected chi connectivity index (χ0v) is 12.1. The Morgan fingerprint density at radius 1 is 1.26 bits per heavy atom. The number of nitrogens with zero attached hydrogens (tertiary/aromatic N) is 2. The van der Waals surface area contributed by atoms with E-state index in [0.717, 1.165) is 30.3 Å². The minimum Gasteiger partial charge on any atom is -0.384 e. The molecule has 0 bridgehead atoms. The average Bonchev–Trinajstić information content (AvgIpc) is 2.72. The van der Waals surface area contributed by atoms with Crippen LogP contribution in [0.25, 0.3) is 0 Å². The molecule has 19 heavy (non-hydrogen) atoms. The van der Waals surface area contributed by atoms with Crippen LogP contribution in [0, 0.1) is 6.92 Å². The van der Waals surface area contributed by atoms with Crippen molar-refractivity contribution in [3.05, 3.63) is 47.4 Å². The number of aryl methyl sites for hydroxylation is 1. The van der Waals surface area contributed by atoms with Gasteiger partial charge in [-0.2, -0.15) is 0 Å². The number of hydrogen-bond donors (Lipinski definition) is 1. The Kier molecular flexibility index (Phi) is 4.25. The van der Waals surface area contributed by atoms with E-state index in [0.29, 0.717) is 0 Å². The SMILES string of the molecule is CCCCn1c(C)nc(C(C)c2ccccc2)c1N. The maximum absolute atomic E-state index is 6.28. The number of hydrogen-bond acceptors (Lipinski definition) is 2. The van der Waals surface area contributed by atoms with Crippen molar-refractivity contribution in [2.75, 3.05) is 5.73 Å². The number of unbranched alkanes of at least 4 members (excludes halogenated alkanes) is 1. The van der Waals surface area contributed by atoms with E-state index in [1.165, 1.54) is 12.0 Å². The van der Waals surface area contributed by atoms with Gasteiger partial charge in [0, 0.05) is 12.5 Å². The van der Waals surface area contributed by atoms with Gasteiger partial charge in [0.15, 0.2) is 0 Å². The van der Waals surface area contributed by atoms with Crippen molar-refractivity contribution in [1.82, 2.24) is 9.55 Å². The molecule has 0 saturated carbocycles. The molecule has 1 atom stereocenters. The lowest BCUT2D eigenvalue weighted by Crippen LogP contribution is -2.07. The van der Waals surface area contributed by atoms with Crippen molar-refractivity contribution in [1.29, 1.82) is 0 Å². The van der Waals surface area contributed by atoms with Crippen LogP contribution in [0.1, 0.15) is 49.7 Å². The molecule has 0 radical (unpaired) electrons. The lowest BCUT2D eigenvalue weighted by Gasteiger charge is -2.11. The summed E-state index contributed by atoms with van der Waals surface area (Å²) < 4.78 is 2.14. The van der Waals surface area contributed by atoms with E-state index in [1.807, 2.05) is 13.0 Å². The summed E-state index contributed by atoms with van der Waals surface area (Å²) in [6.45, 7) is 7.35. The van der Waals surface area contributed by atoms with Gasteiger partial charge in [-0.3, -0.25) is 0 Å². The summed E-state index contributed by atoms with van der Waals surface area (Å²) >= 11 is 0. The zero-order valence-electron chi connectivity index (χ0n) is 12.1. The van der Waals surface area contributed by atoms with Crippen molar-refractivity contribution in [2.45, 2.75) is 46.1 Å². The van der Waals surface area contributed by atoms with Gasteiger partial charge in [0.2, 0.25) is 0 Å². The molecule has 0 aliphatic rings. The van der Waals surface area contributed by atoms with Crippen LogP contribution in [-0.4, -0.2) is 9.55 Å². The third-order valence-corrected chi connectivity index (χ3v) is 3.67. The first kappa shape index (κ1) is 13.7. The van der Waals surface area contributed by atoms with Gasteiger partial charge in [0.1, 0.15) is 11.6 Å². The van der Waals surface area contributed by atoms with Crippen molar-refractivity contribution in [3.63, 3.8) is 0 Å². The standard InChI is InChI=1S/C16H23N3/c1-4-5-11-19-13(3)18-15(16(19)17)12(2)14-9-7-6-8-10-14/h6-10,12H,4-5,11,17H2,1-3H3. The molecule has 1 heterocycles. The number of nitrogens with two attached hydrogens (primary N) is 1. The van der Waals surface area contributed by atoms with Crippen LogP contribution in [0.15, 0.2) is 30.3 Å². The van der Waals surface area contributed by atoms with Crippen LogP contribution in [0.5, 0.6) is 0 Å². The molecular weight excluding hydrogens is 234 g/mol. The van der Waals surface area contributed by atoms with E-state index >= 15 is 0 Å². The normalized spacial score (nSPS) is 12.6. The molecule has 0 spiro atoms. The highest BCUT2D eigenvalue weighted by Gasteiger charge is 2.18. The molecule has 0 saturated heterocycles. The molecule has 3 nitrogen and oxygen atoms in total. The number of aromatic nitrogens is 2. The van der Waals surface area contributed by atoms with E-state index in [1.54, 1.807) is 0 Å². The third-order valence-electron chi connectivity index (χ3n) is 3.67. The summed E-state index contributed by atoms with van der Waals surface area (Å²) in [6.07, 6.45) is 2.31. The molecule has 1 aromatic carbocycles. The molecule has 0 aliphatic heterocycles. The number of benzene rings is 1. The highest BCUT2D eigenvalue weighted by molar-refractivity contribution is 5.44. The Hall–Kier alpha value is -1.77. The maximum Gasteiger partial charge on any atom is 0.127 e. The van der Waals surface area contributed by atoms with Crippen LogP contribution < -0.4 is 5.73 Å². The predicted octanol–water partition coefficient (Wildman–Crippen LogP) is 3.73. The Bertz CT molecular complexity index is 528. The van der Waals surface area contributed by atoms with Gasteiger partial charge in [-0.1, -0.05) is 50.6 Å². The van der Waals surface area contributed by atoms with Gasteiger partial charge in [-0.05, 0) is 18.9 Å². The fourth-order valence-electron chi connectivity index (χ4n) is 2.42. The maximum atomic E-state index is 6.28. The van der Waals surface area contributed by atoms with Gasteiger partial charge in [0.05, 0.1) is 5.69 Å². The summed E-state index contributed by atoms with van der Waals surface area (Å²) in [7, 11) is 0. The Morgan fingerprint density at radius 3 is 2.58 bits per heavy atom. The predicted molar refractivity (Wildman–Crippen MR) is 80.2 cm³/mol. The Morgan fingerprint density at radius 2 is 1.95 bits per heavy atom.